The Balaban J connectivity index is 2.78. The van der Waals surface area contributed by atoms with E-state index < -0.39 is 0 Å². The molecule has 0 atom stereocenters. The van der Waals surface area contributed by atoms with Gasteiger partial charge in [-0.15, -0.1) is 11.3 Å². The summed E-state index contributed by atoms with van der Waals surface area (Å²) in [6.45, 7) is 3.78. The Kier molecular flexibility index (Phi) is 2.17. The van der Waals surface area contributed by atoms with Crippen molar-refractivity contribution in [3.63, 3.8) is 0 Å². The average Bonchev–Trinajstić information content (AvgIpc) is 2.36. The van der Waals surface area contributed by atoms with Gasteiger partial charge >= 0.3 is 0 Å². The van der Waals surface area contributed by atoms with Crippen LogP contribution in [0, 0.1) is 5.92 Å². The molecule has 0 bridgehead atoms. The Morgan fingerprint density at radius 1 is 1.70 bits per heavy atom. The highest BCUT2D eigenvalue weighted by molar-refractivity contribution is 7.11. The molecule has 0 saturated heterocycles. The minimum absolute atomic E-state index is 0.0837. The molecule has 54 valence electrons. The monoisotopic (exact) mass is 155 g/mol. The lowest BCUT2D eigenvalue weighted by atomic mass is 10.1. The molecule has 0 saturated carbocycles. The molecule has 1 rings (SSSR count). The average molecular weight is 155 g/mol. The van der Waals surface area contributed by atoms with E-state index in [0.717, 1.165) is 4.88 Å². The molecule has 0 aliphatic rings. The van der Waals surface area contributed by atoms with Gasteiger partial charge in [0, 0.05) is 12.1 Å². The summed E-state index contributed by atoms with van der Waals surface area (Å²) >= 11 is 1.40. The number of carbonyl (C=O) groups excluding carboxylic acids is 1. The third-order valence-corrected chi connectivity index (χ3v) is 1.99. The number of rotatable bonds is 2. The van der Waals surface area contributed by atoms with Crippen LogP contribution in [-0.2, 0) is 0 Å². The van der Waals surface area contributed by atoms with E-state index in [9.17, 15) is 4.79 Å². The highest BCUT2D eigenvalue weighted by atomic mass is 32.1. The molecular formula is C7H9NOS. The lowest BCUT2D eigenvalue weighted by Crippen LogP contribution is -2.04. The zero-order chi connectivity index (χ0) is 7.56. The van der Waals surface area contributed by atoms with E-state index in [2.05, 4.69) is 4.98 Å². The summed E-state index contributed by atoms with van der Waals surface area (Å²) < 4.78 is 0. The van der Waals surface area contributed by atoms with Crippen molar-refractivity contribution in [3.05, 3.63) is 16.6 Å². The van der Waals surface area contributed by atoms with Gasteiger partial charge in [-0.2, -0.15) is 0 Å². The number of hydrogen-bond donors (Lipinski definition) is 0. The van der Waals surface area contributed by atoms with E-state index in [1.165, 1.54) is 11.3 Å². The molecular weight excluding hydrogens is 146 g/mol. The Morgan fingerprint density at radius 3 is 2.80 bits per heavy atom. The Bertz CT molecular complexity index is 216. The maximum atomic E-state index is 11.2. The van der Waals surface area contributed by atoms with Crippen LogP contribution < -0.4 is 0 Å². The van der Waals surface area contributed by atoms with Gasteiger partial charge in [-0.05, 0) is 0 Å². The predicted molar refractivity (Wildman–Crippen MR) is 41.3 cm³/mol. The maximum absolute atomic E-state index is 11.2. The Hall–Kier alpha value is -0.700. The molecule has 0 aliphatic carbocycles. The molecule has 0 aliphatic heterocycles. The van der Waals surface area contributed by atoms with E-state index in [-0.39, 0.29) is 11.7 Å². The van der Waals surface area contributed by atoms with E-state index >= 15 is 0 Å². The van der Waals surface area contributed by atoms with Crippen LogP contribution in [0.2, 0.25) is 0 Å². The SMILES string of the molecule is CC(C)C(=O)c1cncs1. The van der Waals surface area contributed by atoms with Crippen LogP contribution in [0.5, 0.6) is 0 Å². The van der Waals surface area contributed by atoms with Crippen LogP contribution in [0.25, 0.3) is 0 Å². The molecule has 0 unspecified atom stereocenters. The van der Waals surface area contributed by atoms with Crippen LogP contribution in [0.1, 0.15) is 23.5 Å². The van der Waals surface area contributed by atoms with Gasteiger partial charge in [-0.3, -0.25) is 9.78 Å². The minimum Gasteiger partial charge on any atom is -0.293 e. The minimum atomic E-state index is 0.0837. The first-order valence-electron chi connectivity index (χ1n) is 3.14. The molecule has 2 nitrogen and oxygen atoms in total. The summed E-state index contributed by atoms with van der Waals surface area (Å²) in [7, 11) is 0. The molecule has 0 radical (unpaired) electrons. The highest BCUT2D eigenvalue weighted by Gasteiger charge is 2.10. The van der Waals surface area contributed by atoms with Crippen molar-refractivity contribution in [1.82, 2.24) is 4.98 Å². The quantitative estimate of drug-likeness (QED) is 0.611. The lowest BCUT2D eigenvalue weighted by molar-refractivity contribution is 0.0943. The molecule has 3 heteroatoms. The van der Waals surface area contributed by atoms with Gasteiger partial charge in [0.05, 0.1) is 10.4 Å². The molecule has 1 heterocycles. The van der Waals surface area contributed by atoms with Crippen molar-refractivity contribution in [3.8, 4) is 0 Å². The highest BCUT2D eigenvalue weighted by Crippen LogP contribution is 2.11. The van der Waals surface area contributed by atoms with Gasteiger partial charge in [-0.1, -0.05) is 13.8 Å². The van der Waals surface area contributed by atoms with Crippen molar-refractivity contribution < 1.29 is 4.79 Å². The lowest BCUT2D eigenvalue weighted by Gasteiger charge is -1.97. The summed E-state index contributed by atoms with van der Waals surface area (Å²) in [4.78, 5) is 15.8. The summed E-state index contributed by atoms with van der Waals surface area (Å²) in [5, 5.41) is 0. The molecule has 1 aromatic heterocycles. The van der Waals surface area contributed by atoms with Gasteiger partial charge in [0.25, 0.3) is 0 Å². The summed E-state index contributed by atoms with van der Waals surface area (Å²) in [6.07, 6.45) is 1.62. The first-order valence-corrected chi connectivity index (χ1v) is 4.02. The molecule has 1 aromatic rings. The zero-order valence-corrected chi connectivity index (χ0v) is 6.81. The number of thiazole rings is 1. The first-order chi connectivity index (χ1) is 4.72. The van der Waals surface area contributed by atoms with E-state index in [0.29, 0.717) is 0 Å². The van der Waals surface area contributed by atoms with Crippen molar-refractivity contribution in [2.45, 2.75) is 13.8 Å². The summed E-state index contributed by atoms with van der Waals surface area (Å²) in [6, 6.07) is 0. The van der Waals surface area contributed by atoms with Crippen molar-refractivity contribution in [2.75, 3.05) is 0 Å². The number of hydrogen-bond acceptors (Lipinski definition) is 3. The number of aromatic nitrogens is 1. The summed E-state index contributed by atoms with van der Waals surface area (Å²) in [5.41, 5.74) is 1.68. The van der Waals surface area contributed by atoms with E-state index in [4.69, 9.17) is 0 Å². The second-order valence-corrected chi connectivity index (χ2v) is 3.27. The van der Waals surface area contributed by atoms with E-state index in [1.54, 1.807) is 11.7 Å². The zero-order valence-electron chi connectivity index (χ0n) is 6.00. The van der Waals surface area contributed by atoms with Crippen molar-refractivity contribution >= 4 is 17.1 Å². The van der Waals surface area contributed by atoms with Crippen LogP contribution >= 0.6 is 11.3 Å². The normalized spacial score (nSPS) is 10.3. The third-order valence-electron chi connectivity index (χ3n) is 1.20. The van der Waals surface area contributed by atoms with Gasteiger partial charge < -0.3 is 0 Å². The molecule has 0 spiro atoms. The van der Waals surface area contributed by atoms with E-state index in [1.807, 2.05) is 13.8 Å². The number of nitrogens with zero attached hydrogens (tertiary/aromatic N) is 1. The smallest absolute Gasteiger partial charge is 0.176 e. The van der Waals surface area contributed by atoms with Gasteiger partial charge in [0.15, 0.2) is 5.78 Å². The largest absolute Gasteiger partial charge is 0.293 e. The van der Waals surface area contributed by atoms with Gasteiger partial charge in [0.2, 0.25) is 0 Å². The molecule has 0 N–H and O–H groups in total. The van der Waals surface area contributed by atoms with Crippen LogP contribution in [0.15, 0.2) is 11.7 Å². The Morgan fingerprint density at radius 2 is 2.40 bits per heavy atom. The van der Waals surface area contributed by atoms with Crippen LogP contribution in [-0.4, -0.2) is 10.8 Å². The maximum Gasteiger partial charge on any atom is 0.176 e. The molecule has 0 amide bonds. The molecule has 0 aromatic carbocycles. The van der Waals surface area contributed by atoms with Gasteiger partial charge in [0.1, 0.15) is 0 Å². The van der Waals surface area contributed by atoms with Crippen LogP contribution in [0.4, 0.5) is 0 Å². The Labute approximate surface area is 63.9 Å². The molecule has 0 fully saturated rings. The molecule has 10 heavy (non-hydrogen) atoms. The van der Waals surface area contributed by atoms with Crippen LogP contribution in [0.3, 0.4) is 0 Å². The topological polar surface area (TPSA) is 30.0 Å². The second kappa shape index (κ2) is 2.92. The standard InChI is InChI=1S/C7H9NOS/c1-5(2)7(9)6-3-8-4-10-6/h3-5H,1-2H3. The fourth-order valence-electron chi connectivity index (χ4n) is 0.622. The van der Waals surface area contributed by atoms with Crippen molar-refractivity contribution in [2.24, 2.45) is 5.92 Å². The number of Topliss-reactive ketones (excluding diaryl/α,β-unsaturated/α-hetero) is 1. The fourth-order valence-corrected chi connectivity index (χ4v) is 1.33. The number of ketones is 1. The van der Waals surface area contributed by atoms with Gasteiger partial charge in [-0.25, -0.2) is 0 Å². The second-order valence-electron chi connectivity index (χ2n) is 2.38. The number of carbonyl (C=O) groups is 1. The predicted octanol–water partition coefficient (Wildman–Crippen LogP) is 1.98. The third kappa shape index (κ3) is 1.42. The van der Waals surface area contributed by atoms with Crippen molar-refractivity contribution in [1.29, 1.82) is 0 Å². The summed E-state index contributed by atoms with van der Waals surface area (Å²) in [5.74, 6) is 0.267. The fraction of sp³-hybridized carbons (Fsp3) is 0.429. The first kappa shape index (κ1) is 7.41.